The molecule has 1 aliphatic rings. The first-order chi connectivity index (χ1) is 10.0. The van der Waals surface area contributed by atoms with Crippen molar-refractivity contribution < 1.29 is 5.11 Å². The average Bonchev–Trinajstić information content (AvgIpc) is 3.20. The van der Waals surface area contributed by atoms with Crippen molar-refractivity contribution in [3.63, 3.8) is 0 Å². The molecule has 1 fully saturated rings. The minimum absolute atomic E-state index is 0.0474. The predicted octanol–water partition coefficient (Wildman–Crippen LogP) is 1.81. The van der Waals surface area contributed by atoms with E-state index in [-0.39, 0.29) is 11.3 Å². The van der Waals surface area contributed by atoms with Crippen LogP contribution < -0.4 is 10.9 Å². The van der Waals surface area contributed by atoms with Crippen LogP contribution in [0.5, 0.6) is 5.75 Å². The molecule has 1 heterocycles. The van der Waals surface area contributed by atoms with Crippen LogP contribution in [-0.4, -0.2) is 20.9 Å². The van der Waals surface area contributed by atoms with Gasteiger partial charge in [0.15, 0.2) is 0 Å². The lowest BCUT2D eigenvalue weighted by Gasteiger charge is -2.10. The molecule has 1 saturated carbocycles. The zero-order valence-corrected chi connectivity index (χ0v) is 12.3. The van der Waals surface area contributed by atoms with Gasteiger partial charge in [-0.3, -0.25) is 4.79 Å². The van der Waals surface area contributed by atoms with Crippen LogP contribution >= 0.6 is 0 Å². The first kappa shape index (κ1) is 13.8. The van der Waals surface area contributed by atoms with Crippen LogP contribution in [0.4, 0.5) is 0 Å². The first-order valence-corrected chi connectivity index (χ1v) is 7.17. The summed E-state index contributed by atoms with van der Waals surface area (Å²) in [6.07, 6.45) is 2.33. The minimum Gasteiger partial charge on any atom is -0.506 e. The number of nitrogens with one attached hydrogen (secondary N) is 1. The molecule has 0 spiro atoms. The van der Waals surface area contributed by atoms with Gasteiger partial charge in [-0.1, -0.05) is 6.07 Å². The van der Waals surface area contributed by atoms with Crippen molar-refractivity contribution >= 4 is 0 Å². The highest BCUT2D eigenvalue weighted by atomic mass is 16.3. The SMILES string of the molecule is Cc1cc(C)cc(-n2nc(CNC3CC3)c(O)cc2=O)c1. The van der Waals surface area contributed by atoms with E-state index < -0.39 is 0 Å². The van der Waals surface area contributed by atoms with Crippen LogP contribution in [-0.2, 0) is 6.54 Å². The molecule has 1 aromatic heterocycles. The lowest BCUT2D eigenvalue weighted by molar-refractivity contribution is 0.451. The normalized spacial score (nSPS) is 14.4. The van der Waals surface area contributed by atoms with E-state index in [1.165, 1.54) is 10.7 Å². The summed E-state index contributed by atoms with van der Waals surface area (Å²) in [5.41, 5.74) is 3.05. The molecule has 0 aliphatic heterocycles. The highest BCUT2D eigenvalue weighted by Crippen LogP contribution is 2.20. The molecule has 110 valence electrons. The van der Waals surface area contributed by atoms with Gasteiger partial charge < -0.3 is 10.4 Å². The summed E-state index contributed by atoms with van der Waals surface area (Å²) in [6, 6.07) is 7.62. The number of aromatic hydroxyl groups is 1. The Morgan fingerprint density at radius 1 is 1.24 bits per heavy atom. The average molecular weight is 285 g/mol. The monoisotopic (exact) mass is 285 g/mol. The zero-order chi connectivity index (χ0) is 15.0. The summed E-state index contributed by atoms with van der Waals surface area (Å²) in [4.78, 5) is 12.1. The van der Waals surface area contributed by atoms with Gasteiger partial charge in [0, 0.05) is 18.7 Å². The lowest BCUT2D eigenvalue weighted by Crippen LogP contribution is -2.24. The number of rotatable bonds is 4. The van der Waals surface area contributed by atoms with Gasteiger partial charge in [-0.2, -0.15) is 9.78 Å². The van der Waals surface area contributed by atoms with Crippen LogP contribution in [0.15, 0.2) is 29.1 Å². The van der Waals surface area contributed by atoms with E-state index in [0.29, 0.717) is 18.3 Å². The molecule has 0 unspecified atom stereocenters. The Bertz CT molecular complexity index is 713. The molecular formula is C16H19N3O2. The second kappa shape index (κ2) is 5.33. The maximum absolute atomic E-state index is 12.1. The first-order valence-electron chi connectivity index (χ1n) is 7.17. The maximum atomic E-state index is 12.1. The molecule has 0 atom stereocenters. The summed E-state index contributed by atoms with van der Waals surface area (Å²) >= 11 is 0. The lowest BCUT2D eigenvalue weighted by atomic mass is 10.1. The molecule has 5 nitrogen and oxygen atoms in total. The largest absolute Gasteiger partial charge is 0.506 e. The van der Waals surface area contributed by atoms with Crippen LogP contribution in [0.1, 0.15) is 29.7 Å². The zero-order valence-electron chi connectivity index (χ0n) is 12.3. The number of nitrogens with zero attached hydrogens (tertiary/aromatic N) is 2. The van der Waals surface area contributed by atoms with Crippen LogP contribution in [0, 0.1) is 13.8 Å². The summed E-state index contributed by atoms with van der Waals surface area (Å²) in [7, 11) is 0. The number of benzene rings is 1. The van der Waals surface area contributed by atoms with E-state index in [0.717, 1.165) is 29.7 Å². The van der Waals surface area contributed by atoms with Crippen molar-refractivity contribution in [3.8, 4) is 11.4 Å². The molecule has 3 rings (SSSR count). The van der Waals surface area contributed by atoms with Crippen molar-refractivity contribution in [1.29, 1.82) is 0 Å². The van der Waals surface area contributed by atoms with E-state index >= 15 is 0 Å². The van der Waals surface area contributed by atoms with E-state index in [1.54, 1.807) is 0 Å². The fourth-order valence-corrected chi connectivity index (χ4v) is 2.39. The van der Waals surface area contributed by atoms with Gasteiger partial charge in [0.05, 0.1) is 5.69 Å². The van der Waals surface area contributed by atoms with Crippen LogP contribution in [0.25, 0.3) is 5.69 Å². The van der Waals surface area contributed by atoms with Crippen LogP contribution in [0.2, 0.25) is 0 Å². The molecule has 2 aromatic rings. The molecule has 5 heteroatoms. The van der Waals surface area contributed by atoms with E-state index in [1.807, 2.05) is 32.0 Å². The van der Waals surface area contributed by atoms with E-state index in [4.69, 9.17) is 0 Å². The van der Waals surface area contributed by atoms with E-state index in [2.05, 4.69) is 10.4 Å². The Morgan fingerprint density at radius 2 is 1.90 bits per heavy atom. The van der Waals surface area contributed by atoms with Crippen molar-refractivity contribution in [1.82, 2.24) is 15.1 Å². The Balaban J connectivity index is 1.99. The van der Waals surface area contributed by atoms with Gasteiger partial charge in [0.2, 0.25) is 0 Å². The van der Waals surface area contributed by atoms with E-state index in [9.17, 15) is 9.90 Å². The third-order valence-corrected chi connectivity index (χ3v) is 3.57. The topological polar surface area (TPSA) is 67.2 Å². The number of hydrogen-bond donors (Lipinski definition) is 2. The molecule has 0 bridgehead atoms. The Labute approximate surface area is 123 Å². The Hall–Kier alpha value is -2.14. The molecule has 0 radical (unpaired) electrons. The minimum atomic E-state index is -0.326. The molecular weight excluding hydrogens is 266 g/mol. The fraction of sp³-hybridized carbons (Fsp3) is 0.375. The smallest absolute Gasteiger partial charge is 0.275 e. The van der Waals surface area contributed by atoms with Gasteiger partial charge in [-0.25, -0.2) is 0 Å². The third-order valence-electron chi connectivity index (χ3n) is 3.57. The summed E-state index contributed by atoms with van der Waals surface area (Å²) in [5.74, 6) is -0.0474. The quantitative estimate of drug-likeness (QED) is 0.899. The molecule has 0 saturated heterocycles. The van der Waals surface area contributed by atoms with Crippen molar-refractivity contribution in [3.05, 3.63) is 51.4 Å². The van der Waals surface area contributed by atoms with Crippen molar-refractivity contribution in [2.45, 2.75) is 39.3 Å². The molecule has 2 N–H and O–H groups in total. The van der Waals surface area contributed by atoms with Gasteiger partial charge in [-0.15, -0.1) is 0 Å². The highest BCUT2D eigenvalue weighted by molar-refractivity contribution is 5.39. The van der Waals surface area contributed by atoms with Crippen molar-refractivity contribution in [2.75, 3.05) is 0 Å². The highest BCUT2D eigenvalue weighted by Gasteiger charge is 2.21. The standard InChI is InChI=1S/C16H19N3O2/c1-10-5-11(2)7-13(6-10)19-16(21)8-15(20)14(18-19)9-17-12-3-4-12/h5-8,12,17,20H,3-4,9H2,1-2H3. The summed E-state index contributed by atoms with van der Waals surface area (Å²) < 4.78 is 1.35. The van der Waals surface area contributed by atoms with Gasteiger partial charge in [-0.05, 0) is 49.9 Å². The van der Waals surface area contributed by atoms with Crippen molar-refractivity contribution in [2.24, 2.45) is 0 Å². The second-order valence-electron chi connectivity index (χ2n) is 5.73. The molecule has 1 aromatic carbocycles. The van der Waals surface area contributed by atoms with Gasteiger partial charge >= 0.3 is 0 Å². The second-order valence-corrected chi connectivity index (χ2v) is 5.73. The fourth-order valence-electron chi connectivity index (χ4n) is 2.39. The molecule has 1 aliphatic carbocycles. The molecule has 21 heavy (non-hydrogen) atoms. The predicted molar refractivity (Wildman–Crippen MR) is 80.8 cm³/mol. The summed E-state index contributed by atoms with van der Waals surface area (Å²) in [5, 5.41) is 17.5. The Kier molecular flexibility index (Phi) is 3.51. The maximum Gasteiger partial charge on any atom is 0.275 e. The number of aryl methyl sites for hydroxylation is 2. The number of hydrogen-bond acceptors (Lipinski definition) is 4. The van der Waals surface area contributed by atoms with Crippen LogP contribution in [0.3, 0.4) is 0 Å². The third kappa shape index (κ3) is 3.13. The molecule has 0 amide bonds. The van der Waals surface area contributed by atoms with Gasteiger partial charge in [0.25, 0.3) is 5.56 Å². The Morgan fingerprint density at radius 3 is 2.52 bits per heavy atom. The summed E-state index contributed by atoms with van der Waals surface area (Å²) in [6.45, 7) is 4.44. The number of aromatic nitrogens is 2. The van der Waals surface area contributed by atoms with Gasteiger partial charge in [0.1, 0.15) is 11.4 Å².